The van der Waals surface area contributed by atoms with Crippen molar-refractivity contribution in [1.82, 2.24) is 4.98 Å². The maximum atomic E-state index is 10.8. The fraction of sp³-hybridized carbons (Fsp3) is 0.333. The van der Waals surface area contributed by atoms with Crippen molar-refractivity contribution >= 4 is 5.97 Å². The van der Waals surface area contributed by atoms with Gasteiger partial charge >= 0.3 is 5.97 Å². The molecule has 0 fully saturated rings. The van der Waals surface area contributed by atoms with E-state index in [0.717, 1.165) is 16.7 Å². The first-order valence-electron chi connectivity index (χ1n) is 6.26. The number of carboxylic acid groups (broad SMARTS) is 1. The molecule has 1 heterocycles. The van der Waals surface area contributed by atoms with Gasteiger partial charge in [0.25, 0.3) is 0 Å². The first kappa shape index (κ1) is 14.1. The predicted molar refractivity (Wildman–Crippen MR) is 74.0 cm³/mol. The largest absolute Gasteiger partial charge is 0.496 e. The number of aliphatic carboxylic acids is 1. The number of benzene rings is 1. The molecule has 20 heavy (non-hydrogen) atoms. The number of aryl methyl sites for hydroxylation is 3. The molecule has 0 aliphatic rings. The molecule has 5 heteroatoms. The number of oxazole rings is 1. The van der Waals surface area contributed by atoms with E-state index in [1.807, 2.05) is 26.0 Å². The molecule has 0 aliphatic carbocycles. The van der Waals surface area contributed by atoms with Gasteiger partial charge in [0.15, 0.2) is 0 Å². The number of hydrogen-bond acceptors (Lipinski definition) is 4. The molecular formula is C15H17NO4. The zero-order valence-corrected chi connectivity index (χ0v) is 12.0. The van der Waals surface area contributed by atoms with Crippen LogP contribution in [-0.2, 0) is 11.2 Å². The van der Waals surface area contributed by atoms with Crippen LogP contribution in [-0.4, -0.2) is 23.2 Å². The molecule has 0 spiro atoms. The molecule has 0 atom stereocenters. The molecule has 0 saturated heterocycles. The minimum absolute atomic E-state index is 0.175. The van der Waals surface area contributed by atoms with E-state index in [2.05, 4.69) is 4.98 Å². The van der Waals surface area contributed by atoms with Crippen molar-refractivity contribution in [3.63, 3.8) is 0 Å². The predicted octanol–water partition coefficient (Wildman–Crippen LogP) is 2.90. The summed E-state index contributed by atoms with van der Waals surface area (Å²) in [6.45, 7) is 5.66. The molecular weight excluding hydrogens is 258 g/mol. The molecule has 5 nitrogen and oxygen atoms in total. The van der Waals surface area contributed by atoms with E-state index in [1.165, 1.54) is 0 Å². The molecule has 106 valence electrons. The van der Waals surface area contributed by atoms with Crippen LogP contribution in [0.15, 0.2) is 16.5 Å². The third kappa shape index (κ3) is 2.66. The lowest BCUT2D eigenvalue weighted by molar-refractivity contribution is -0.136. The Bertz CT molecular complexity index is 658. The zero-order chi connectivity index (χ0) is 14.9. The van der Waals surface area contributed by atoms with Gasteiger partial charge in [-0.05, 0) is 38.0 Å². The normalized spacial score (nSPS) is 10.6. The average molecular weight is 275 g/mol. The molecule has 2 aromatic rings. The SMILES string of the molecule is COc1c(C)cc(C)cc1-c1nc(C)c(CC(=O)O)o1. The second kappa shape index (κ2) is 5.36. The van der Waals surface area contributed by atoms with Crippen LogP contribution < -0.4 is 4.74 Å². The first-order chi connectivity index (χ1) is 9.42. The van der Waals surface area contributed by atoms with E-state index in [-0.39, 0.29) is 6.42 Å². The van der Waals surface area contributed by atoms with Crippen LogP contribution in [0.3, 0.4) is 0 Å². The van der Waals surface area contributed by atoms with Crippen molar-refractivity contribution < 1.29 is 19.1 Å². The van der Waals surface area contributed by atoms with Gasteiger partial charge in [0.2, 0.25) is 5.89 Å². The average Bonchev–Trinajstić information content (AvgIpc) is 2.69. The van der Waals surface area contributed by atoms with Gasteiger partial charge in [-0.1, -0.05) is 6.07 Å². The Morgan fingerprint density at radius 2 is 2.05 bits per heavy atom. The lowest BCUT2D eigenvalue weighted by Gasteiger charge is -2.10. The third-order valence-corrected chi connectivity index (χ3v) is 3.06. The summed E-state index contributed by atoms with van der Waals surface area (Å²) in [6.07, 6.45) is -0.175. The van der Waals surface area contributed by atoms with E-state index in [1.54, 1.807) is 14.0 Å². The Morgan fingerprint density at radius 1 is 1.35 bits per heavy atom. The maximum absolute atomic E-state index is 10.8. The smallest absolute Gasteiger partial charge is 0.311 e. The Balaban J connectivity index is 2.54. The fourth-order valence-electron chi connectivity index (χ4n) is 2.23. The second-order valence-corrected chi connectivity index (χ2v) is 4.76. The molecule has 1 aromatic heterocycles. The lowest BCUT2D eigenvalue weighted by atomic mass is 10.1. The monoisotopic (exact) mass is 275 g/mol. The number of rotatable bonds is 4. The lowest BCUT2D eigenvalue weighted by Crippen LogP contribution is -1.99. The third-order valence-electron chi connectivity index (χ3n) is 3.06. The standard InChI is InChI=1S/C15H17NO4/c1-8-5-9(2)14(19-4)11(6-8)15-16-10(3)12(20-15)7-13(17)18/h5-6H,7H2,1-4H3,(H,17,18). The zero-order valence-electron chi connectivity index (χ0n) is 12.0. The van der Waals surface area contributed by atoms with Crippen LogP contribution in [0.5, 0.6) is 5.75 Å². The van der Waals surface area contributed by atoms with Crippen molar-refractivity contribution in [3.05, 3.63) is 34.7 Å². The van der Waals surface area contributed by atoms with Crippen molar-refractivity contribution in [1.29, 1.82) is 0 Å². The highest BCUT2D eigenvalue weighted by Gasteiger charge is 2.18. The van der Waals surface area contributed by atoms with Gasteiger partial charge in [0.05, 0.1) is 18.4 Å². The Labute approximate surface area is 117 Å². The Hall–Kier alpha value is -2.30. The van der Waals surface area contributed by atoms with Gasteiger partial charge in [0, 0.05) is 0 Å². The highest BCUT2D eigenvalue weighted by molar-refractivity contribution is 5.71. The summed E-state index contributed by atoms with van der Waals surface area (Å²) in [5.41, 5.74) is 3.38. The Morgan fingerprint density at radius 3 is 2.65 bits per heavy atom. The molecule has 1 N–H and O–H groups in total. The van der Waals surface area contributed by atoms with Crippen molar-refractivity contribution in [2.24, 2.45) is 0 Å². The molecule has 0 amide bonds. The second-order valence-electron chi connectivity index (χ2n) is 4.76. The molecule has 1 aromatic carbocycles. The molecule has 2 rings (SSSR count). The van der Waals surface area contributed by atoms with Gasteiger partial charge < -0.3 is 14.3 Å². The van der Waals surface area contributed by atoms with Gasteiger partial charge in [-0.3, -0.25) is 4.79 Å². The van der Waals surface area contributed by atoms with Crippen LogP contribution in [0.4, 0.5) is 0 Å². The van der Waals surface area contributed by atoms with Gasteiger partial charge in [-0.15, -0.1) is 0 Å². The van der Waals surface area contributed by atoms with Gasteiger partial charge in [0.1, 0.15) is 17.9 Å². The molecule has 0 aliphatic heterocycles. The number of ether oxygens (including phenoxy) is 1. The summed E-state index contributed by atoms with van der Waals surface area (Å²) >= 11 is 0. The number of carbonyl (C=O) groups is 1. The minimum atomic E-state index is -0.941. The minimum Gasteiger partial charge on any atom is -0.496 e. The topological polar surface area (TPSA) is 72.6 Å². The summed E-state index contributed by atoms with van der Waals surface area (Å²) in [5.74, 6) is 0.512. The van der Waals surface area contributed by atoms with E-state index < -0.39 is 5.97 Å². The number of carboxylic acids is 1. The fourth-order valence-corrected chi connectivity index (χ4v) is 2.23. The number of hydrogen-bond donors (Lipinski definition) is 1. The van der Waals surface area contributed by atoms with Gasteiger partial charge in [-0.2, -0.15) is 0 Å². The maximum Gasteiger partial charge on any atom is 0.311 e. The van der Waals surface area contributed by atoms with Crippen molar-refractivity contribution in [3.8, 4) is 17.2 Å². The molecule has 0 bridgehead atoms. The van der Waals surface area contributed by atoms with E-state index in [4.69, 9.17) is 14.3 Å². The molecule has 0 unspecified atom stereocenters. The van der Waals surface area contributed by atoms with Crippen LogP contribution >= 0.6 is 0 Å². The van der Waals surface area contributed by atoms with Crippen LogP contribution in [0.25, 0.3) is 11.5 Å². The number of aromatic nitrogens is 1. The highest BCUT2D eigenvalue weighted by atomic mass is 16.5. The van der Waals surface area contributed by atoms with Crippen LogP contribution in [0.1, 0.15) is 22.6 Å². The highest BCUT2D eigenvalue weighted by Crippen LogP contribution is 2.34. The van der Waals surface area contributed by atoms with Crippen molar-refractivity contribution in [2.75, 3.05) is 7.11 Å². The molecule has 0 saturated carbocycles. The summed E-state index contributed by atoms with van der Waals surface area (Å²) in [7, 11) is 1.59. The van der Waals surface area contributed by atoms with E-state index in [9.17, 15) is 4.79 Å². The molecule has 0 radical (unpaired) electrons. The number of methoxy groups -OCH3 is 1. The first-order valence-corrected chi connectivity index (χ1v) is 6.26. The van der Waals surface area contributed by atoms with E-state index in [0.29, 0.717) is 23.1 Å². The summed E-state index contributed by atoms with van der Waals surface area (Å²) in [6, 6.07) is 3.93. The van der Waals surface area contributed by atoms with Crippen molar-refractivity contribution in [2.45, 2.75) is 27.2 Å². The Kier molecular flexibility index (Phi) is 3.79. The number of nitrogens with zero attached hydrogens (tertiary/aromatic N) is 1. The summed E-state index contributed by atoms with van der Waals surface area (Å²) < 4.78 is 11.0. The quantitative estimate of drug-likeness (QED) is 0.928. The van der Waals surface area contributed by atoms with Crippen LogP contribution in [0, 0.1) is 20.8 Å². The van der Waals surface area contributed by atoms with Gasteiger partial charge in [-0.25, -0.2) is 4.98 Å². The van der Waals surface area contributed by atoms with E-state index >= 15 is 0 Å². The summed E-state index contributed by atoms with van der Waals surface area (Å²) in [5, 5.41) is 8.85. The summed E-state index contributed by atoms with van der Waals surface area (Å²) in [4.78, 5) is 15.1. The van der Waals surface area contributed by atoms with Crippen LogP contribution in [0.2, 0.25) is 0 Å².